The van der Waals surface area contributed by atoms with Crippen molar-refractivity contribution in [3.8, 4) is 0 Å². The number of amides is 2. The molecule has 13 heavy (non-hydrogen) atoms. The van der Waals surface area contributed by atoms with Crippen LogP contribution < -0.4 is 31.8 Å². The first-order valence-corrected chi connectivity index (χ1v) is 6.95. The Balaban J connectivity index is 2.71. The first-order valence-electron chi connectivity index (χ1n) is 3.71. The predicted molar refractivity (Wildman–Crippen MR) is 46.9 cm³/mol. The van der Waals surface area contributed by atoms with Gasteiger partial charge in [0.1, 0.15) is 0 Å². The zero-order valence-electron chi connectivity index (χ0n) is 7.47. The summed E-state index contributed by atoms with van der Waals surface area (Å²) < 4.78 is 1.08. The van der Waals surface area contributed by atoms with Gasteiger partial charge in [-0.2, -0.15) is 0 Å². The molecule has 72 valence electrons. The van der Waals surface area contributed by atoms with E-state index in [1.54, 1.807) is 13.1 Å². The van der Waals surface area contributed by atoms with E-state index < -0.39 is 0 Å². The van der Waals surface area contributed by atoms with Crippen molar-refractivity contribution < 1.29 is 26.0 Å². The van der Waals surface area contributed by atoms with Gasteiger partial charge in [0.05, 0.1) is 0 Å². The van der Waals surface area contributed by atoms with E-state index in [1.807, 2.05) is 12.1 Å². The van der Waals surface area contributed by atoms with Gasteiger partial charge in [-0.3, -0.25) is 0 Å². The molecule has 1 aromatic heterocycles. The summed E-state index contributed by atoms with van der Waals surface area (Å²) in [6, 6.07) is 5.41. The van der Waals surface area contributed by atoms with Gasteiger partial charge >= 0.3 is 87.3 Å². The summed E-state index contributed by atoms with van der Waals surface area (Å²) in [7, 11) is 1.58. The predicted octanol–water partition coefficient (Wildman–Crippen LogP) is -2.28. The molecular formula is C8H11IN3O-. The van der Waals surface area contributed by atoms with Gasteiger partial charge in [0.25, 0.3) is 0 Å². The van der Waals surface area contributed by atoms with Crippen molar-refractivity contribution in [3.63, 3.8) is 0 Å². The third-order valence-electron chi connectivity index (χ3n) is 1.38. The number of urea groups is 1. The first kappa shape index (κ1) is 10.2. The van der Waals surface area contributed by atoms with Crippen molar-refractivity contribution in [3.05, 3.63) is 21.9 Å². The molecular weight excluding hydrogens is 281 g/mol. The monoisotopic (exact) mass is 292 g/mol. The minimum atomic E-state index is -0.237. The van der Waals surface area contributed by atoms with Crippen LogP contribution in [0.1, 0.15) is 0 Å². The number of aromatic nitrogens is 1. The van der Waals surface area contributed by atoms with E-state index in [9.17, 15) is 4.79 Å². The molecule has 2 N–H and O–H groups in total. The number of nitrogens with one attached hydrogen (secondary N) is 2. The van der Waals surface area contributed by atoms with Crippen LogP contribution in [0.4, 0.5) is 10.6 Å². The van der Waals surface area contributed by atoms with Crippen LogP contribution in [0, 0.1) is 3.70 Å². The Morgan fingerprint density at radius 3 is 2.92 bits per heavy atom. The van der Waals surface area contributed by atoms with Gasteiger partial charge in [-0.25, -0.2) is 0 Å². The van der Waals surface area contributed by atoms with Gasteiger partial charge in [-0.15, -0.1) is 0 Å². The summed E-state index contributed by atoms with van der Waals surface area (Å²) in [5.41, 5.74) is 0. The normalized spacial score (nSPS) is 9.69. The summed E-state index contributed by atoms with van der Waals surface area (Å²) in [6.45, 7) is 0. The van der Waals surface area contributed by atoms with E-state index in [0.29, 0.717) is 5.82 Å². The third kappa shape index (κ3) is 3.17. The summed E-state index contributed by atoms with van der Waals surface area (Å²) in [5.74, 6) is 0.610. The average molecular weight is 292 g/mol. The molecule has 0 saturated carbocycles. The Morgan fingerprint density at radius 1 is 1.54 bits per heavy atom. The zero-order valence-corrected chi connectivity index (χ0v) is 9.62. The van der Waals surface area contributed by atoms with Gasteiger partial charge in [0.2, 0.25) is 0 Å². The maximum absolute atomic E-state index is 10.9. The van der Waals surface area contributed by atoms with Crippen LogP contribution >= 0.6 is 0 Å². The summed E-state index contributed by atoms with van der Waals surface area (Å²) in [4.78, 5) is 17.3. The van der Waals surface area contributed by atoms with Crippen LogP contribution in [0.3, 0.4) is 0 Å². The van der Waals surface area contributed by atoms with Gasteiger partial charge in [0.15, 0.2) is 0 Å². The Labute approximate surface area is 87.4 Å². The third-order valence-corrected chi connectivity index (χ3v) is 3.08. The molecule has 0 spiro atoms. The Hall–Kier alpha value is -0.850. The molecule has 0 aliphatic rings. The number of carbonyl (C=O) groups is 1. The van der Waals surface area contributed by atoms with Crippen molar-refractivity contribution in [2.24, 2.45) is 0 Å². The van der Waals surface area contributed by atoms with E-state index >= 15 is 0 Å². The topological polar surface area (TPSA) is 54.0 Å². The van der Waals surface area contributed by atoms with Crippen LogP contribution in [0.5, 0.6) is 0 Å². The number of nitrogens with zero attached hydrogens (tertiary/aromatic N) is 1. The van der Waals surface area contributed by atoms with E-state index in [1.165, 1.54) is 0 Å². The fraction of sp³-hybridized carbons (Fsp3) is 0.250. The molecule has 4 nitrogen and oxygen atoms in total. The van der Waals surface area contributed by atoms with Crippen LogP contribution in [0.15, 0.2) is 18.2 Å². The second-order valence-electron chi connectivity index (χ2n) is 2.24. The molecule has 0 fully saturated rings. The van der Waals surface area contributed by atoms with Crippen LogP contribution in [0.25, 0.3) is 0 Å². The van der Waals surface area contributed by atoms with Crippen molar-refractivity contribution >= 4 is 11.8 Å². The van der Waals surface area contributed by atoms with Gasteiger partial charge in [0, 0.05) is 0 Å². The molecule has 0 aliphatic heterocycles. The van der Waals surface area contributed by atoms with E-state index in [-0.39, 0.29) is 27.2 Å². The number of pyridine rings is 1. The second kappa shape index (κ2) is 5.00. The molecule has 0 aliphatic carbocycles. The molecule has 2 amide bonds. The standard InChI is InChI=1S/C8H11IN3O/c1-9-6-4-3-5-7(11-6)12-8(13)10-2/h3-5H,1-2H3,(H2,10,11,12,13)/q-1. The van der Waals surface area contributed by atoms with Crippen LogP contribution in [-0.4, -0.2) is 23.0 Å². The Morgan fingerprint density at radius 2 is 2.31 bits per heavy atom. The quantitative estimate of drug-likeness (QED) is 0.367. The van der Waals surface area contributed by atoms with Crippen molar-refractivity contribution in [1.82, 2.24) is 10.3 Å². The van der Waals surface area contributed by atoms with Crippen LogP contribution in [-0.2, 0) is 0 Å². The molecule has 0 saturated heterocycles. The van der Waals surface area contributed by atoms with E-state index in [4.69, 9.17) is 0 Å². The Kier molecular flexibility index (Phi) is 3.94. The number of anilines is 1. The summed E-state index contributed by atoms with van der Waals surface area (Å²) >= 11 is -0.0207. The molecule has 1 heterocycles. The number of halogens is 1. The fourth-order valence-corrected chi connectivity index (χ4v) is 1.83. The van der Waals surface area contributed by atoms with Crippen molar-refractivity contribution in [2.45, 2.75) is 0 Å². The number of rotatable bonds is 2. The summed E-state index contributed by atoms with van der Waals surface area (Å²) in [5, 5.41) is 5.09. The number of alkyl halides is 1. The van der Waals surface area contributed by atoms with Gasteiger partial charge in [-0.1, -0.05) is 0 Å². The molecule has 5 heteroatoms. The zero-order chi connectivity index (χ0) is 9.68. The number of hydrogen-bond acceptors (Lipinski definition) is 2. The average Bonchev–Trinajstić information content (AvgIpc) is 2.18. The van der Waals surface area contributed by atoms with Crippen molar-refractivity contribution in [2.75, 3.05) is 17.3 Å². The molecule has 0 radical (unpaired) electrons. The summed E-state index contributed by atoms with van der Waals surface area (Å²) in [6.07, 6.45) is 0. The molecule has 1 rings (SSSR count). The first-order chi connectivity index (χ1) is 6.26. The SMILES string of the molecule is CNC(=O)Nc1cccc([I-]C)n1. The number of carbonyl (C=O) groups excluding carboxylic acids is 1. The van der Waals surface area contributed by atoms with E-state index in [0.717, 1.165) is 3.70 Å². The van der Waals surface area contributed by atoms with Crippen molar-refractivity contribution in [1.29, 1.82) is 0 Å². The maximum atomic E-state index is 10.9. The fourth-order valence-electron chi connectivity index (χ4n) is 0.762. The number of hydrogen-bond donors (Lipinski definition) is 2. The molecule has 0 atom stereocenters. The molecule has 0 aromatic carbocycles. The molecule has 1 aromatic rings. The van der Waals surface area contributed by atoms with Gasteiger partial charge in [-0.05, 0) is 0 Å². The molecule has 0 unspecified atom stereocenters. The van der Waals surface area contributed by atoms with Crippen LogP contribution in [0.2, 0.25) is 0 Å². The van der Waals surface area contributed by atoms with Gasteiger partial charge < -0.3 is 0 Å². The minimum absolute atomic E-state index is 0.0207. The van der Waals surface area contributed by atoms with E-state index in [2.05, 4.69) is 20.5 Å². The second-order valence-corrected chi connectivity index (χ2v) is 4.42. The molecule has 0 bridgehead atoms. The Bertz CT molecular complexity index is 303.